The van der Waals surface area contributed by atoms with Crippen molar-refractivity contribution in [2.45, 2.75) is 38.1 Å². The monoisotopic (exact) mass is 512 g/mol. The fourth-order valence-corrected chi connectivity index (χ4v) is 3.32. The maximum absolute atomic E-state index is 13.2. The molecule has 0 saturated heterocycles. The van der Waals surface area contributed by atoms with E-state index in [0.717, 1.165) is 0 Å². The van der Waals surface area contributed by atoms with Crippen LogP contribution in [0.15, 0.2) is 67.3 Å². The highest BCUT2D eigenvalue weighted by atomic mass is 19.4. The van der Waals surface area contributed by atoms with Gasteiger partial charge in [0.25, 0.3) is 5.91 Å². The largest absolute Gasteiger partial charge is 0.435 e. The van der Waals surface area contributed by atoms with Gasteiger partial charge in [-0.25, -0.2) is 0 Å². The zero-order chi connectivity index (χ0) is 26.7. The van der Waals surface area contributed by atoms with Crippen LogP contribution >= 0.6 is 0 Å². The van der Waals surface area contributed by atoms with E-state index in [-0.39, 0.29) is 33.6 Å². The van der Waals surface area contributed by atoms with E-state index in [9.17, 15) is 36.2 Å². The van der Waals surface area contributed by atoms with Crippen LogP contribution < -0.4 is 10.6 Å². The van der Waals surface area contributed by atoms with Crippen molar-refractivity contribution in [3.63, 3.8) is 0 Å². The second-order valence-electron chi connectivity index (χ2n) is 7.90. The Morgan fingerprint density at radius 2 is 1.72 bits per heavy atom. The molecule has 1 heterocycles. The third-order valence-electron chi connectivity index (χ3n) is 5.18. The first-order chi connectivity index (χ1) is 16.8. The highest BCUT2D eigenvalue weighted by molar-refractivity contribution is 6.05. The molecule has 36 heavy (non-hydrogen) atoms. The van der Waals surface area contributed by atoms with Crippen LogP contribution in [0.25, 0.3) is 0 Å². The number of alkyl halides is 6. The standard InChI is InChI=1S/C24H22F6N4O2/c1-3-14(2)31-21(35)17-6-4-5-7-18(17)22(36)32-16-10-8-15(9-11-16)13-34-20(24(28,29)30)12-19(33-34)23(25,26)27/h3-12,14,21,31,35H,1,13H2,2H3,(H,32,36). The highest BCUT2D eigenvalue weighted by Crippen LogP contribution is 2.35. The zero-order valence-corrected chi connectivity index (χ0v) is 18.9. The van der Waals surface area contributed by atoms with Crippen LogP contribution in [0, 0.1) is 0 Å². The number of benzene rings is 2. The van der Waals surface area contributed by atoms with Gasteiger partial charge in [0.1, 0.15) is 11.9 Å². The summed E-state index contributed by atoms with van der Waals surface area (Å²) in [5.74, 6) is -0.549. The fraction of sp³-hybridized carbons (Fsp3) is 0.250. The molecule has 0 fully saturated rings. The van der Waals surface area contributed by atoms with Crippen LogP contribution in [-0.2, 0) is 18.9 Å². The Kier molecular flexibility index (Phi) is 7.89. The van der Waals surface area contributed by atoms with Crippen molar-refractivity contribution < 1.29 is 36.2 Å². The van der Waals surface area contributed by atoms with E-state index >= 15 is 0 Å². The van der Waals surface area contributed by atoms with Crippen LogP contribution in [0.5, 0.6) is 0 Å². The van der Waals surface area contributed by atoms with Crippen molar-refractivity contribution in [3.8, 4) is 0 Å². The van der Waals surface area contributed by atoms with Gasteiger partial charge in [-0.15, -0.1) is 6.58 Å². The molecule has 0 aliphatic rings. The molecule has 0 radical (unpaired) electrons. The van der Waals surface area contributed by atoms with E-state index in [1.54, 1.807) is 31.2 Å². The number of anilines is 1. The summed E-state index contributed by atoms with van der Waals surface area (Å²) in [5, 5.41) is 19.0. The Morgan fingerprint density at radius 1 is 1.08 bits per heavy atom. The number of aliphatic hydroxyl groups is 1. The van der Waals surface area contributed by atoms with Gasteiger partial charge in [-0.2, -0.15) is 31.4 Å². The number of carbonyl (C=O) groups excluding carboxylic acids is 1. The molecule has 12 heteroatoms. The predicted octanol–water partition coefficient (Wildman–Crippen LogP) is 5.38. The second kappa shape index (κ2) is 10.5. The van der Waals surface area contributed by atoms with Crippen LogP contribution in [0.2, 0.25) is 0 Å². The summed E-state index contributed by atoms with van der Waals surface area (Å²) in [7, 11) is 0. The van der Waals surface area contributed by atoms with Crippen LogP contribution in [-0.4, -0.2) is 26.8 Å². The minimum Gasteiger partial charge on any atom is -0.374 e. The van der Waals surface area contributed by atoms with Gasteiger partial charge in [-0.05, 0) is 30.7 Å². The smallest absolute Gasteiger partial charge is 0.374 e. The summed E-state index contributed by atoms with van der Waals surface area (Å²) in [5.41, 5.74) is -2.15. The SMILES string of the molecule is C=CC(C)NC(O)c1ccccc1C(=O)Nc1ccc(Cn2nc(C(F)(F)F)cc2C(F)(F)F)cc1. The van der Waals surface area contributed by atoms with Gasteiger partial charge in [0.15, 0.2) is 5.69 Å². The molecular formula is C24H22F6N4O2. The average Bonchev–Trinajstić information content (AvgIpc) is 3.25. The lowest BCUT2D eigenvalue weighted by molar-refractivity contribution is -0.144. The Bertz CT molecular complexity index is 1220. The third kappa shape index (κ3) is 6.52. The van der Waals surface area contributed by atoms with Crippen LogP contribution in [0.4, 0.5) is 32.0 Å². The number of nitrogens with zero attached hydrogens (tertiary/aromatic N) is 2. The van der Waals surface area contributed by atoms with E-state index in [1.165, 1.54) is 30.3 Å². The Balaban J connectivity index is 1.77. The predicted molar refractivity (Wildman–Crippen MR) is 120 cm³/mol. The summed E-state index contributed by atoms with van der Waals surface area (Å²) in [4.78, 5) is 12.8. The van der Waals surface area contributed by atoms with Crippen molar-refractivity contribution in [1.29, 1.82) is 0 Å². The molecule has 2 unspecified atom stereocenters. The Morgan fingerprint density at radius 3 is 2.31 bits per heavy atom. The first-order valence-electron chi connectivity index (χ1n) is 10.6. The van der Waals surface area contributed by atoms with Gasteiger partial charge < -0.3 is 10.4 Å². The molecule has 6 nitrogen and oxygen atoms in total. The summed E-state index contributed by atoms with van der Waals surface area (Å²) in [6.07, 6.45) is -9.62. The number of hydrogen-bond donors (Lipinski definition) is 3. The fourth-order valence-electron chi connectivity index (χ4n) is 3.32. The summed E-state index contributed by atoms with van der Waals surface area (Å²) < 4.78 is 78.5. The van der Waals surface area contributed by atoms with Crippen molar-refractivity contribution in [2.24, 2.45) is 0 Å². The maximum atomic E-state index is 13.2. The molecule has 1 amide bonds. The van der Waals surface area contributed by atoms with Gasteiger partial charge in [0.05, 0.1) is 6.54 Å². The lowest BCUT2D eigenvalue weighted by atomic mass is 10.0. The van der Waals surface area contributed by atoms with Crippen molar-refractivity contribution in [2.75, 3.05) is 5.32 Å². The molecule has 3 rings (SSSR count). The van der Waals surface area contributed by atoms with E-state index in [4.69, 9.17) is 0 Å². The highest BCUT2D eigenvalue weighted by Gasteiger charge is 2.41. The summed E-state index contributed by atoms with van der Waals surface area (Å²) in [6, 6.07) is 11.6. The molecule has 2 aromatic carbocycles. The van der Waals surface area contributed by atoms with E-state index < -0.39 is 42.4 Å². The molecular weight excluding hydrogens is 490 g/mol. The lowest BCUT2D eigenvalue weighted by Gasteiger charge is -2.19. The molecule has 0 bridgehead atoms. The topological polar surface area (TPSA) is 79.2 Å². The van der Waals surface area contributed by atoms with Crippen molar-refractivity contribution >= 4 is 11.6 Å². The number of carbonyl (C=O) groups is 1. The molecule has 3 N–H and O–H groups in total. The van der Waals surface area contributed by atoms with Gasteiger partial charge in [-0.3, -0.25) is 14.8 Å². The van der Waals surface area contributed by atoms with Crippen molar-refractivity contribution in [1.82, 2.24) is 15.1 Å². The number of aromatic nitrogens is 2. The number of rotatable bonds is 8. The van der Waals surface area contributed by atoms with Crippen LogP contribution in [0.3, 0.4) is 0 Å². The molecule has 0 spiro atoms. The first-order valence-corrected chi connectivity index (χ1v) is 10.6. The molecule has 0 saturated carbocycles. The third-order valence-corrected chi connectivity index (χ3v) is 5.18. The first kappa shape index (κ1) is 27.0. The van der Waals surface area contributed by atoms with E-state index in [0.29, 0.717) is 5.56 Å². The van der Waals surface area contributed by atoms with Crippen molar-refractivity contribution in [3.05, 3.63) is 95.3 Å². The zero-order valence-electron chi connectivity index (χ0n) is 18.9. The molecule has 0 aliphatic carbocycles. The number of halogens is 6. The van der Waals surface area contributed by atoms with Crippen LogP contribution in [0.1, 0.15) is 46.0 Å². The lowest BCUT2D eigenvalue weighted by Crippen LogP contribution is -2.30. The van der Waals surface area contributed by atoms with Gasteiger partial charge in [0, 0.05) is 28.9 Å². The quantitative estimate of drug-likeness (QED) is 0.215. The molecule has 2 atom stereocenters. The average molecular weight is 512 g/mol. The number of amides is 1. The number of aliphatic hydroxyl groups excluding tert-OH is 1. The normalized spacial score (nSPS) is 13.8. The minimum absolute atomic E-state index is 0.0366. The second-order valence-corrected chi connectivity index (χ2v) is 7.90. The Hall–Kier alpha value is -3.64. The van der Waals surface area contributed by atoms with Gasteiger partial charge >= 0.3 is 12.4 Å². The number of nitrogens with one attached hydrogen (secondary N) is 2. The molecule has 192 valence electrons. The molecule has 0 aliphatic heterocycles. The Labute approximate surface area is 202 Å². The van der Waals surface area contributed by atoms with Gasteiger partial charge in [-0.1, -0.05) is 36.4 Å². The maximum Gasteiger partial charge on any atom is 0.435 e. The summed E-state index contributed by atoms with van der Waals surface area (Å²) in [6.45, 7) is 4.82. The van der Waals surface area contributed by atoms with E-state index in [1.807, 2.05) is 0 Å². The van der Waals surface area contributed by atoms with E-state index in [2.05, 4.69) is 22.3 Å². The molecule has 1 aromatic heterocycles. The molecule has 3 aromatic rings. The summed E-state index contributed by atoms with van der Waals surface area (Å²) >= 11 is 0. The minimum atomic E-state index is -5.03. The van der Waals surface area contributed by atoms with Gasteiger partial charge in [0.2, 0.25) is 0 Å². The number of hydrogen-bond acceptors (Lipinski definition) is 4.